The molecule has 204 valence electrons. The largest absolute Gasteiger partial charge is 0.350 e. The van der Waals surface area contributed by atoms with Crippen molar-refractivity contribution in [3.05, 3.63) is 0 Å². The van der Waals surface area contributed by atoms with Gasteiger partial charge in [0.15, 0.2) is 0 Å². The number of hydrazine groups is 1. The van der Waals surface area contributed by atoms with Gasteiger partial charge in [0.1, 0.15) is 12.3 Å². The van der Waals surface area contributed by atoms with E-state index in [0.717, 1.165) is 25.8 Å². The number of piperazine rings is 1. The second-order valence-electron chi connectivity index (χ2n) is 10.9. The maximum absolute atomic E-state index is 15.3. The molecule has 36 heavy (non-hydrogen) atoms. The van der Waals surface area contributed by atoms with Crippen LogP contribution in [0.2, 0.25) is 0 Å². The van der Waals surface area contributed by atoms with Crippen molar-refractivity contribution in [1.82, 2.24) is 41.1 Å². The first-order valence-corrected chi connectivity index (χ1v) is 13.4. The van der Waals surface area contributed by atoms with E-state index in [1.54, 1.807) is 5.01 Å². The van der Waals surface area contributed by atoms with Crippen LogP contribution in [0.15, 0.2) is 0 Å². The molecule has 0 aromatic carbocycles. The smallest absolute Gasteiger partial charge is 0.240 e. The van der Waals surface area contributed by atoms with Crippen LogP contribution in [-0.2, 0) is 9.59 Å². The first-order valence-electron chi connectivity index (χ1n) is 13.4. The van der Waals surface area contributed by atoms with Crippen LogP contribution in [-0.4, -0.2) is 140 Å². The van der Waals surface area contributed by atoms with Crippen molar-refractivity contribution >= 4 is 11.8 Å². The number of carbonyl (C=O) groups is 2. The maximum Gasteiger partial charge on any atom is 0.240 e. The van der Waals surface area contributed by atoms with E-state index >= 15 is 4.39 Å². The van der Waals surface area contributed by atoms with Gasteiger partial charge in [0, 0.05) is 52.4 Å². The number of rotatable bonds is 4. The first kappa shape index (κ1) is 26.1. The molecule has 11 nitrogen and oxygen atoms in total. The number of fused-ring (bicyclic) bond motifs is 1. The van der Waals surface area contributed by atoms with E-state index in [1.807, 2.05) is 11.9 Å². The summed E-state index contributed by atoms with van der Waals surface area (Å²) in [6, 6.07) is -0.984. The molecule has 5 aliphatic rings. The van der Waals surface area contributed by atoms with Crippen LogP contribution in [0.4, 0.5) is 8.78 Å². The highest BCUT2D eigenvalue weighted by atomic mass is 19.1. The standard InChI is InChI=1S/C23H41F2N9O2/c1-31-5-3-2-4-17(31)23(36)33-8-6-32(7-9-33)19-15(25)11-27-12-16(19)29-22(35)18-20(26)30-34-13-14(24)10-28-21(18)34/h14-21,27-28,30H,2-13,26H2,1H3,(H,29,35). The van der Waals surface area contributed by atoms with Crippen molar-refractivity contribution in [1.29, 1.82) is 0 Å². The molecule has 13 heteroatoms. The lowest BCUT2D eigenvalue weighted by atomic mass is 9.94. The molecule has 2 amide bonds. The van der Waals surface area contributed by atoms with Crippen molar-refractivity contribution in [2.45, 2.75) is 62.1 Å². The van der Waals surface area contributed by atoms with Gasteiger partial charge in [-0.1, -0.05) is 6.42 Å². The zero-order valence-corrected chi connectivity index (χ0v) is 21.0. The van der Waals surface area contributed by atoms with Crippen LogP contribution in [0.25, 0.3) is 0 Å². The van der Waals surface area contributed by atoms with Crippen LogP contribution in [0.1, 0.15) is 19.3 Å². The van der Waals surface area contributed by atoms with E-state index in [2.05, 4.69) is 31.2 Å². The number of nitrogens with two attached hydrogens (primary N) is 1. The lowest BCUT2D eigenvalue weighted by Crippen LogP contribution is -2.68. The highest BCUT2D eigenvalue weighted by molar-refractivity contribution is 5.82. The van der Waals surface area contributed by atoms with Gasteiger partial charge in [-0.05, 0) is 26.4 Å². The van der Waals surface area contributed by atoms with E-state index in [4.69, 9.17) is 5.73 Å². The Balaban J connectivity index is 1.20. The second-order valence-corrected chi connectivity index (χ2v) is 10.9. The predicted octanol–water partition coefficient (Wildman–Crippen LogP) is -2.60. The van der Waals surface area contributed by atoms with Gasteiger partial charge in [-0.25, -0.2) is 19.2 Å². The van der Waals surface area contributed by atoms with E-state index in [-0.39, 0.29) is 37.5 Å². The molecule has 5 rings (SSSR count). The summed E-state index contributed by atoms with van der Waals surface area (Å²) >= 11 is 0. The Bertz CT molecular complexity index is 802. The minimum absolute atomic E-state index is 0.0602. The Labute approximate surface area is 211 Å². The summed E-state index contributed by atoms with van der Waals surface area (Å²) in [6.45, 7) is 4.20. The average molecular weight is 514 g/mol. The Morgan fingerprint density at radius 3 is 2.56 bits per heavy atom. The lowest BCUT2D eigenvalue weighted by Gasteiger charge is -2.47. The number of likely N-dealkylation sites (N-methyl/N-ethyl adjacent to an activating group) is 1. The molecular weight excluding hydrogens is 472 g/mol. The van der Waals surface area contributed by atoms with Crippen molar-refractivity contribution in [3.63, 3.8) is 0 Å². The Morgan fingerprint density at radius 2 is 1.81 bits per heavy atom. The predicted molar refractivity (Wildman–Crippen MR) is 130 cm³/mol. The topological polar surface area (TPSA) is 121 Å². The molecule has 0 aromatic rings. The van der Waals surface area contributed by atoms with Crippen LogP contribution in [0.3, 0.4) is 0 Å². The molecule has 0 aromatic heterocycles. The van der Waals surface area contributed by atoms with Crippen LogP contribution in [0.5, 0.6) is 0 Å². The summed E-state index contributed by atoms with van der Waals surface area (Å²) in [5, 5.41) is 10.9. The summed E-state index contributed by atoms with van der Waals surface area (Å²) in [5.74, 6) is -0.723. The molecule has 8 atom stereocenters. The number of hydrogen-bond donors (Lipinski definition) is 5. The zero-order chi connectivity index (χ0) is 25.4. The molecule has 0 aliphatic carbocycles. The van der Waals surface area contributed by atoms with Gasteiger partial charge < -0.3 is 21.3 Å². The van der Waals surface area contributed by atoms with E-state index in [9.17, 15) is 14.0 Å². The van der Waals surface area contributed by atoms with Crippen LogP contribution >= 0.6 is 0 Å². The van der Waals surface area contributed by atoms with Crippen molar-refractivity contribution in [2.75, 3.05) is 66.0 Å². The molecule has 5 fully saturated rings. The number of nitrogens with zero attached hydrogens (tertiary/aromatic N) is 4. The number of alkyl halides is 2. The molecule has 6 N–H and O–H groups in total. The number of halogens is 2. The third kappa shape index (κ3) is 5.24. The van der Waals surface area contributed by atoms with Gasteiger partial charge in [-0.2, -0.15) is 0 Å². The normalized spacial score (nSPS) is 41.2. The lowest BCUT2D eigenvalue weighted by molar-refractivity contribution is -0.140. The number of amides is 2. The molecule has 5 aliphatic heterocycles. The number of carbonyl (C=O) groups excluding carboxylic acids is 2. The van der Waals surface area contributed by atoms with Crippen molar-refractivity contribution in [3.8, 4) is 0 Å². The molecule has 0 bridgehead atoms. The molecule has 0 saturated carbocycles. The first-order chi connectivity index (χ1) is 17.3. The Hall–Kier alpha value is -1.48. The van der Waals surface area contributed by atoms with E-state index in [0.29, 0.717) is 32.7 Å². The van der Waals surface area contributed by atoms with Gasteiger partial charge >= 0.3 is 0 Å². The van der Waals surface area contributed by atoms with E-state index < -0.39 is 42.7 Å². The van der Waals surface area contributed by atoms with Crippen LogP contribution in [0, 0.1) is 5.92 Å². The fourth-order valence-electron chi connectivity index (χ4n) is 6.59. The second kappa shape index (κ2) is 11.1. The molecular formula is C23H41F2N9O2. The van der Waals surface area contributed by atoms with Gasteiger partial charge in [0.05, 0.1) is 36.4 Å². The fraction of sp³-hybridized carbons (Fsp3) is 0.913. The Morgan fingerprint density at radius 1 is 1.03 bits per heavy atom. The summed E-state index contributed by atoms with van der Waals surface area (Å²) < 4.78 is 29.0. The molecule has 5 saturated heterocycles. The highest BCUT2D eigenvalue weighted by Crippen LogP contribution is 2.24. The molecule has 5 heterocycles. The third-order valence-electron chi connectivity index (χ3n) is 8.54. The summed E-state index contributed by atoms with van der Waals surface area (Å²) in [4.78, 5) is 32.6. The summed E-state index contributed by atoms with van der Waals surface area (Å²) in [5.41, 5.74) is 9.18. The fourth-order valence-corrected chi connectivity index (χ4v) is 6.59. The average Bonchev–Trinajstić information content (AvgIpc) is 3.19. The number of likely N-dealkylation sites (tertiary alicyclic amines) is 1. The summed E-state index contributed by atoms with van der Waals surface area (Å²) in [7, 11) is 2.01. The minimum Gasteiger partial charge on any atom is -0.350 e. The minimum atomic E-state index is -1.15. The number of hydrogen-bond acceptors (Lipinski definition) is 9. The Kier molecular flexibility index (Phi) is 8.06. The highest BCUT2D eigenvalue weighted by Gasteiger charge is 2.48. The van der Waals surface area contributed by atoms with E-state index in [1.165, 1.54) is 0 Å². The van der Waals surface area contributed by atoms with Crippen molar-refractivity contribution < 1.29 is 18.4 Å². The monoisotopic (exact) mass is 513 g/mol. The number of piperidine rings is 2. The number of nitrogens with one attached hydrogen (secondary N) is 4. The van der Waals surface area contributed by atoms with Gasteiger partial charge in [0.25, 0.3) is 0 Å². The molecule has 0 spiro atoms. The SMILES string of the molecule is CN1CCCCC1C(=O)N1CCN(C2C(F)CNCC2NC(=O)C2C(N)NN3CC(F)CNC23)CC1. The third-order valence-corrected chi connectivity index (χ3v) is 8.54. The van der Waals surface area contributed by atoms with Crippen molar-refractivity contribution in [2.24, 2.45) is 11.7 Å². The van der Waals surface area contributed by atoms with Gasteiger partial charge in [-0.15, -0.1) is 0 Å². The molecule has 8 unspecified atom stereocenters. The summed E-state index contributed by atoms with van der Waals surface area (Å²) in [6.07, 6.45) is -0.159. The van der Waals surface area contributed by atoms with Gasteiger partial charge in [-0.3, -0.25) is 24.7 Å². The zero-order valence-electron chi connectivity index (χ0n) is 21.0. The van der Waals surface area contributed by atoms with Crippen LogP contribution < -0.4 is 27.1 Å². The molecule has 0 radical (unpaired) electrons. The van der Waals surface area contributed by atoms with Gasteiger partial charge in [0.2, 0.25) is 11.8 Å². The maximum atomic E-state index is 15.3. The quantitative estimate of drug-likeness (QED) is 0.276.